The zero-order chi connectivity index (χ0) is 14.7. The zero-order valence-electron chi connectivity index (χ0n) is 9.82. The zero-order valence-corrected chi connectivity index (χ0v) is 10.6. The lowest BCUT2D eigenvalue weighted by molar-refractivity contribution is -0.384. The maximum Gasteiger partial charge on any atom is 0.338 e. The number of hydrogen-bond donors (Lipinski definition) is 1. The van der Waals surface area contributed by atoms with E-state index in [0.717, 1.165) is 17.8 Å². The number of hydrogen-bond acceptors (Lipinski definition) is 5. The first kappa shape index (κ1) is 13.9. The van der Waals surface area contributed by atoms with Gasteiger partial charge in [0.2, 0.25) is 0 Å². The first-order valence-electron chi connectivity index (χ1n) is 5.29. The predicted molar refractivity (Wildman–Crippen MR) is 68.4 cm³/mol. The molecule has 102 valence electrons. The summed E-state index contributed by atoms with van der Waals surface area (Å²) in [4.78, 5) is 25.0. The van der Waals surface area contributed by atoms with Crippen molar-refractivity contribution in [3.05, 3.63) is 58.0 Å². The average Bonchev–Trinajstić information content (AvgIpc) is 2.41. The number of carbonyl (C=O) groups is 1. The third-order valence-electron chi connectivity index (χ3n) is 2.35. The fourth-order valence-electron chi connectivity index (χ4n) is 1.41. The van der Waals surface area contributed by atoms with Crippen molar-refractivity contribution in [2.24, 2.45) is 0 Å². The molecule has 1 aromatic heterocycles. The number of halogens is 1. The van der Waals surface area contributed by atoms with Crippen LogP contribution in [0.2, 0.25) is 0 Å². The second-order valence-corrected chi connectivity index (χ2v) is 4.70. The van der Waals surface area contributed by atoms with Gasteiger partial charge in [0, 0.05) is 23.2 Å². The Balaban J connectivity index is 2.28. The van der Waals surface area contributed by atoms with Crippen LogP contribution in [-0.4, -0.2) is 21.0 Å². The highest BCUT2D eigenvalue weighted by Gasteiger charge is 2.16. The van der Waals surface area contributed by atoms with Crippen LogP contribution in [0.5, 0.6) is 0 Å². The van der Waals surface area contributed by atoms with Crippen LogP contribution in [0.25, 0.3) is 0 Å². The van der Waals surface area contributed by atoms with Crippen molar-refractivity contribution < 1.29 is 19.2 Å². The van der Waals surface area contributed by atoms with Crippen molar-refractivity contribution in [1.82, 2.24) is 4.98 Å². The third kappa shape index (κ3) is 2.91. The lowest BCUT2D eigenvalue weighted by atomic mass is 10.3. The van der Waals surface area contributed by atoms with Crippen LogP contribution in [0.3, 0.4) is 0 Å². The Morgan fingerprint density at radius 2 is 1.95 bits per heavy atom. The molecule has 6 nitrogen and oxygen atoms in total. The van der Waals surface area contributed by atoms with Gasteiger partial charge in [-0.3, -0.25) is 10.1 Å². The number of carboxylic acid groups (broad SMARTS) is 1. The maximum absolute atomic E-state index is 13.8. The standard InChI is InChI=1S/C12H7FN2O4S/c13-10-9(12(16)17)5-6-14-11(10)20-8-3-1-7(2-4-8)15(18)19/h1-6H,(H,16,17). The van der Waals surface area contributed by atoms with E-state index in [1.165, 1.54) is 30.5 Å². The smallest absolute Gasteiger partial charge is 0.338 e. The molecule has 0 radical (unpaired) electrons. The monoisotopic (exact) mass is 294 g/mol. The molecule has 0 amide bonds. The molecule has 0 saturated carbocycles. The van der Waals surface area contributed by atoms with Gasteiger partial charge in [-0.1, -0.05) is 11.8 Å². The van der Waals surface area contributed by atoms with E-state index in [4.69, 9.17) is 5.11 Å². The summed E-state index contributed by atoms with van der Waals surface area (Å²) >= 11 is 0.894. The van der Waals surface area contributed by atoms with E-state index in [-0.39, 0.29) is 10.7 Å². The van der Waals surface area contributed by atoms with Crippen molar-refractivity contribution in [3.8, 4) is 0 Å². The summed E-state index contributed by atoms with van der Waals surface area (Å²) < 4.78 is 13.8. The molecular formula is C12H7FN2O4S. The topological polar surface area (TPSA) is 93.3 Å². The second kappa shape index (κ2) is 5.66. The Morgan fingerprint density at radius 1 is 1.30 bits per heavy atom. The van der Waals surface area contributed by atoms with E-state index < -0.39 is 22.3 Å². The Bertz CT molecular complexity index is 676. The Hall–Kier alpha value is -2.48. The molecule has 20 heavy (non-hydrogen) atoms. The van der Waals surface area contributed by atoms with Crippen LogP contribution in [-0.2, 0) is 0 Å². The first-order chi connectivity index (χ1) is 9.49. The van der Waals surface area contributed by atoms with Gasteiger partial charge in [-0.15, -0.1) is 0 Å². The number of nitrogens with zero attached hydrogens (tertiary/aromatic N) is 2. The number of pyridine rings is 1. The molecule has 0 saturated heterocycles. The van der Waals surface area contributed by atoms with Gasteiger partial charge in [0.25, 0.3) is 5.69 Å². The summed E-state index contributed by atoms with van der Waals surface area (Å²) in [6.07, 6.45) is 1.19. The number of nitro groups is 1. The van der Waals surface area contributed by atoms with Gasteiger partial charge in [0.1, 0.15) is 5.03 Å². The summed E-state index contributed by atoms with van der Waals surface area (Å²) in [5.74, 6) is -2.31. The molecule has 0 aliphatic heterocycles. The molecule has 0 spiro atoms. The number of carboxylic acids is 1. The van der Waals surface area contributed by atoms with Gasteiger partial charge >= 0.3 is 5.97 Å². The van der Waals surface area contributed by atoms with Gasteiger partial charge in [-0.25, -0.2) is 14.2 Å². The highest BCUT2D eigenvalue weighted by molar-refractivity contribution is 7.99. The predicted octanol–water partition coefficient (Wildman–Crippen LogP) is 2.98. The molecule has 8 heteroatoms. The van der Waals surface area contributed by atoms with Crippen molar-refractivity contribution in [2.45, 2.75) is 9.92 Å². The van der Waals surface area contributed by atoms with Crippen LogP contribution in [0.4, 0.5) is 10.1 Å². The average molecular weight is 294 g/mol. The fraction of sp³-hybridized carbons (Fsp3) is 0. The minimum Gasteiger partial charge on any atom is -0.478 e. The molecular weight excluding hydrogens is 287 g/mol. The quantitative estimate of drug-likeness (QED) is 0.688. The largest absolute Gasteiger partial charge is 0.478 e. The van der Waals surface area contributed by atoms with E-state index in [2.05, 4.69) is 4.98 Å². The van der Waals surface area contributed by atoms with Gasteiger partial charge < -0.3 is 5.11 Å². The SMILES string of the molecule is O=C(O)c1ccnc(Sc2ccc([N+](=O)[O-])cc2)c1F. The Morgan fingerprint density at radius 3 is 2.50 bits per heavy atom. The molecule has 2 rings (SSSR count). The molecule has 0 aliphatic carbocycles. The number of non-ortho nitro benzene ring substituents is 1. The number of aromatic nitrogens is 1. The van der Waals surface area contributed by atoms with E-state index in [9.17, 15) is 19.3 Å². The normalized spacial score (nSPS) is 10.2. The lowest BCUT2D eigenvalue weighted by Gasteiger charge is -2.04. The minimum atomic E-state index is -1.38. The summed E-state index contributed by atoms with van der Waals surface area (Å²) in [6.45, 7) is 0. The van der Waals surface area contributed by atoms with Crippen molar-refractivity contribution >= 4 is 23.4 Å². The maximum atomic E-state index is 13.8. The molecule has 0 bridgehead atoms. The molecule has 0 unspecified atom stereocenters. The van der Waals surface area contributed by atoms with Gasteiger partial charge in [0.05, 0.1) is 10.5 Å². The molecule has 0 fully saturated rings. The highest BCUT2D eigenvalue weighted by atomic mass is 32.2. The van der Waals surface area contributed by atoms with Crippen molar-refractivity contribution in [2.75, 3.05) is 0 Å². The van der Waals surface area contributed by atoms with E-state index >= 15 is 0 Å². The number of benzene rings is 1. The van der Waals surface area contributed by atoms with E-state index in [0.29, 0.717) is 4.90 Å². The molecule has 2 aromatic rings. The minimum absolute atomic E-state index is 0.0814. The van der Waals surface area contributed by atoms with Gasteiger partial charge in [-0.2, -0.15) is 0 Å². The number of aromatic carboxylic acids is 1. The third-order valence-corrected chi connectivity index (χ3v) is 3.34. The van der Waals surface area contributed by atoms with Crippen molar-refractivity contribution in [3.63, 3.8) is 0 Å². The van der Waals surface area contributed by atoms with Crippen LogP contribution < -0.4 is 0 Å². The summed E-state index contributed by atoms with van der Waals surface area (Å²) in [5.41, 5.74) is -0.550. The number of rotatable bonds is 4. The molecule has 1 aromatic carbocycles. The highest BCUT2D eigenvalue weighted by Crippen LogP contribution is 2.30. The van der Waals surface area contributed by atoms with Crippen molar-refractivity contribution in [1.29, 1.82) is 0 Å². The van der Waals surface area contributed by atoms with E-state index in [1.807, 2.05) is 0 Å². The molecule has 1 heterocycles. The van der Waals surface area contributed by atoms with Gasteiger partial charge in [0.15, 0.2) is 5.82 Å². The fourth-order valence-corrected chi connectivity index (χ4v) is 2.22. The second-order valence-electron chi connectivity index (χ2n) is 3.64. The van der Waals surface area contributed by atoms with Crippen LogP contribution in [0.15, 0.2) is 46.5 Å². The summed E-state index contributed by atoms with van der Waals surface area (Å²) in [6, 6.07) is 6.51. The summed E-state index contributed by atoms with van der Waals surface area (Å²) in [7, 11) is 0. The van der Waals surface area contributed by atoms with Crippen LogP contribution >= 0.6 is 11.8 Å². The molecule has 0 aliphatic rings. The molecule has 1 N–H and O–H groups in total. The first-order valence-corrected chi connectivity index (χ1v) is 6.11. The molecule has 0 atom stereocenters. The van der Waals surface area contributed by atoms with E-state index in [1.54, 1.807) is 0 Å². The summed E-state index contributed by atoms with van der Waals surface area (Å²) in [5, 5.41) is 19.2. The number of nitro benzene ring substituents is 1. The van der Waals surface area contributed by atoms with Gasteiger partial charge in [-0.05, 0) is 18.2 Å². The Kier molecular flexibility index (Phi) is 3.94. The van der Waals surface area contributed by atoms with Crippen LogP contribution in [0.1, 0.15) is 10.4 Å². The lowest BCUT2D eigenvalue weighted by Crippen LogP contribution is -2.02. The van der Waals surface area contributed by atoms with Crippen LogP contribution in [0, 0.1) is 15.9 Å². The Labute approximate surface area is 116 Å².